The molecule has 1 aromatic rings. The lowest BCUT2D eigenvalue weighted by atomic mass is 10.2. The zero-order valence-electron chi connectivity index (χ0n) is 12.2. The van der Waals surface area contributed by atoms with E-state index in [1.165, 1.54) is 7.11 Å². The first kappa shape index (κ1) is 15.1. The van der Waals surface area contributed by atoms with E-state index in [-0.39, 0.29) is 5.75 Å². The third-order valence-corrected chi connectivity index (χ3v) is 2.24. The van der Waals surface area contributed by atoms with Gasteiger partial charge in [0.15, 0.2) is 11.5 Å². The van der Waals surface area contributed by atoms with Gasteiger partial charge in [0, 0.05) is 6.07 Å². The Kier molecular flexibility index (Phi) is 4.64. The maximum absolute atomic E-state index is 11.7. The van der Waals surface area contributed by atoms with E-state index in [9.17, 15) is 4.79 Å². The van der Waals surface area contributed by atoms with Crippen LogP contribution >= 0.6 is 0 Å². The summed E-state index contributed by atoms with van der Waals surface area (Å²) in [6.45, 7) is 7.14. The Morgan fingerprint density at radius 1 is 1.11 bits per heavy atom. The predicted molar refractivity (Wildman–Crippen MR) is 71.1 cm³/mol. The highest BCUT2D eigenvalue weighted by atomic mass is 16.7. The number of hydrogen-bond donors (Lipinski definition) is 0. The summed E-state index contributed by atoms with van der Waals surface area (Å²) in [4.78, 5) is 11.7. The molecule has 0 spiro atoms. The molecular weight excluding hydrogens is 248 g/mol. The van der Waals surface area contributed by atoms with Crippen molar-refractivity contribution in [3.05, 3.63) is 17.7 Å². The van der Waals surface area contributed by atoms with Crippen LogP contribution in [0, 0.1) is 6.92 Å². The zero-order chi connectivity index (χ0) is 14.6. The minimum absolute atomic E-state index is 0.272. The van der Waals surface area contributed by atoms with Crippen molar-refractivity contribution >= 4 is 6.16 Å². The highest BCUT2D eigenvalue weighted by Crippen LogP contribution is 2.35. The second kappa shape index (κ2) is 5.82. The molecule has 0 unspecified atom stereocenters. The molecule has 0 aliphatic carbocycles. The summed E-state index contributed by atoms with van der Waals surface area (Å²) in [6.07, 6.45) is -0.779. The quantitative estimate of drug-likeness (QED) is 0.621. The Bertz CT molecular complexity index is 460. The van der Waals surface area contributed by atoms with Crippen molar-refractivity contribution in [2.24, 2.45) is 0 Å². The second-order valence-electron chi connectivity index (χ2n) is 5.04. The minimum atomic E-state index is -0.779. The summed E-state index contributed by atoms with van der Waals surface area (Å²) in [6, 6.07) is 3.37. The maximum Gasteiger partial charge on any atom is 0.514 e. The first-order valence-corrected chi connectivity index (χ1v) is 5.90. The number of aryl methyl sites for hydroxylation is 1. The standard InChI is InChI=1S/C14H20O5/c1-9-7-10(16-5)8-11(12(9)17-6)18-13(15)19-14(2,3)4/h7-8H,1-6H3. The third-order valence-electron chi connectivity index (χ3n) is 2.24. The average Bonchev–Trinajstić information content (AvgIpc) is 2.25. The Balaban J connectivity index is 2.99. The summed E-state index contributed by atoms with van der Waals surface area (Å²) in [5.74, 6) is 1.33. The highest BCUT2D eigenvalue weighted by Gasteiger charge is 2.20. The molecule has 0 saturated heterocycles. The molecular formula is C14H20O5. The Hall–Kier alpha value is -1.91. The van der Waals surface area contributed by atoms with Gasteiger partial charge in [-0.25, -0.2) is 4.79 Å². The fraction of sp³-hybridized carbons (Fsp3) is 0.500. The molecule has 0 saturated carbocycles. The molecule has 19 heavy (non-hydrogen) atoms. The molecule has 0 amide bonds. The van der Waals surface area contributed by atoms with Gasteiger partial charge in [-0.1, -0.05) is 0 Å². The van der Waals surface area contributed by atoms with Crippen LogP contribution in [0.2, 0.25) is 0 Å². The number of ether oxygens (including phenoxy) is 4. The number of benzene rings is 1. The first-order chi connectivity index (χ1) is 8.76. The van der Waals surface area contributed by atoms with Crippen LogP contribution < -0.4 is 14.2 Å². The average molecular weight is 268 g/mol. The van der Waals surface area contributed by atoms with Gasteiger partial charge in [-0.15, -0.1) is 0 Å². The molecule has 1 rings (SSSR count). The zero-order valence-corrected chi connectivity index (χ0v) is 12.2. The number of rotatable bonds is 3. The molecule has 0 atom stereocenters. The molecule has 0 fully saturated rings. The second-order valence-corrected chi connectivity index (χ2v) is 5.04. The van der Waals surface area contributed by atoms with Crippen molar-refractivity contribution in [2.45, 2.75) is 33.3 Å². The number of carbonyl (C=O) groups excluding carboxylic acids is 1. The molecule has 0 aliphatic heterocycles. The number of methoxy groups -OCH3 is 2. The van der Waals surface area contributed by atoms with E-state index >= 15 is 0 Å². The van der Waals surface area contributed by atoms with E-state index in [4.69, 9.17) is 18.9 Å². The van der Waals surface area contributed by atoms with Crippen LogP contribution in [0.15, 0.2) is 12.1 Å². The van der Waals surface area contributed by atoms with Crippen molar-refractivity contribution in [3.63, 3.8) is 0 Å². The fourth-order valence-electron chi connectivity index (χ4n) is 1.53. The van der Waals surface area contributed by atoms with Gasteiger partial charge >= 0.3 is 6.16 Å². The van der Waals surface area contributed by atoms with Gasteiger partial charge in [-0.2, -0.15) is 0 Å². The van der Waals surface area contributed by atoms with Crippen molar-refractivity contribution in [2.75, 3.05) is 14.2 Å². The summed E-state index contributed by atoms with van der Waals surface area (Å²) >= 11 is 0. The normalized spacial score (nSPS) is 10.8. The molecule has 5 nitrogen and oxygen atoms in total. The van der Waals surface area contributed by atoms with Crippen molar-refractivity contribution in [3.8, 4) is 17.2 Å². The number of hydrogen-bond acceptors (Lipinski definition) is 5. The van der Waals surface area contributed by atoms with E-state index in [0.29, 0.717) is 11.5 Å². The van der Waals surface area contributed by atoms with Crippen LogP contribution in [0.1, 0.15) is 26.3 Å². The van der Waals surface area contributed by atoms with Crippen LogP contribution in [-0.4, -0.2) is 26.0 Å². The van der Waals surface area contributed by atoms with Gasteiger partial charge in [-0.05, 0) is 39.3 Å². The Morgan fingerprint density at radius 2 is 1.74 bits per heavy atom. The summed E-state index contributed by atoms with van der Waals surface area (Å²) in [7, 11) is 3.05. The lowest BCUT2D eigenvalue weighted by Crippen LogP contribution is -2.26. The maximum atomic E-state index is 11.7. The summed E-state index contributed by atoms with van der Waals surface area (Å²) in [5.41, 5.74) is 0.193. The minimum Gasteiger partial charge on any atom is -0.497 e. The van der Waals surface area contributed by atoms with Crippen molar-refractivity contribution in [1.82, 2.24) is 0 Å². The molecule has 0 heterocycles. The molecule has 5 heteroatoms. The number of carbonyl (C=O) groups is 1. The van der Waals surface area contributed by atoms with Crippen molar-refractivity contribution < 1.29 is 23.7 Å². The predicted octanol–water partition coefficient (Wildman–Crippen LogP) is 3.33. The van der Waals surface area contributed by atoms with Gasteiger partial charge in [-0.3, -0.25) is 0 Å². The lowest BCUT2D eigenvalue weighted by Gasteiger charge is -2.19. The summed E-state index contributed by atoms with van der Waals surface area (Å²) in [5, 5.41) is 0. The van der Waals surface area contributed by atoms with E-state index in [1.807, 2.05) is 6.92 Å². The highest BCUT2D eigenvalue weighted by molar-refractivity contribution is 5.67. The van der Waals surface area contributed by atoms with E-state index in [1.54, 1.807) is 40.0 Å². The molecule has 1 aromatic carbocycles. The van der Waals surface area contributed by atoms with Crippen molar-refractivity contribution in [1.29, 1.82) is 0 Å². The lowest BCUT2D eigenvalue weighted by molar-refractivity contribution is 0.0200. The Labute approximate surface area is 113 Å². The molecule has 0 radical (unpaired) electrons. The third kappa shape index (κ3) is 4.35. The molecule has 0 aromatic heterocycles. The van der Waals surface area contributed by atoms with Crippen LogP contribution in [0.4, 0.5) is 4.79 Å². The van der Waals surface area contributed by atoms with Crippen LogP contribution in [0.3, 0.4) is 0 Å². The van der Waals surface area contributed by atoms with Crippen LogP contribution in [0.5, 0.6) is 17.2 Å². The molecule has 0 bridgehead atoms. The monoisotopic (exact) mass is 268 g/mol. The van der Waals surface area contributed by atoms with Gasteiger partial charge in [0.2, 0.25) is 0 Å². The van der Waals surface area contributed by atoms with Gasteiger partial charge in [0.05, 0.1) is 14.2 Å². The van der Waals surface area contributed by atoms with E-state index < -0.39 is 11.8 Å². The van der Waals surface area contributed by atoms with E-state index in [0.717, 1.165) is 5.56 Å². The largest absolute Gasteiger partial charge is 0.514 e. The fourth-order valence-corrected chi connectivity index (χ4v) is 1.53. The molecule has 0 aliphatic rings. The van der Waals surface area contributed by atoms with Crippen LogP contribution in [0.25, 0.3) is 0 Å². The molecule has 106 valence electrons. The first-order valence-electron chi connectivity index (χ1n) is 5.90. The van der Waals surface area contributed by atoms with E-state index in [2.05, 4.69) is 0 Å². The Morgan fingerprint density at radius 3 is 2.21 bits per heavy atom. The van der Waals surface area contributed by atoms with Gasteiger partial charge in [0.25, 0.3) is 0 Å². The molecule has 0 N–H and O–H groups in total. The summed E-state index contributed by atoms with van der Waals surface area (Å²) < 4.78 is 20.6. The topological polar surface area (TPSA) is 54.0 Å². The smallest absolute Gasteiger partial charge is 0.497 e. The van der Waals surface area contributed by atoms with Gasteiger partial charge in [0.1, 0.15) is 11.4 Å². The SMILES string of the molecule is COc1cc(C)c(OC)c(OC(=O)OC(C)(C)C)c1. The van der Waals surface area contributed by atoms with Gasteiger partial charge < -0.3 is 18.9 Å². The van der Waals surface area contributed by atoms with Crippen LogP contribution in [-0.2, 0) is 4.74 Å².